The predicted molar refractivity (Wildman–Crippen MR) is 142 cm³/mol. The summed E-state index contributed by atoms with van der Waals surface area (Å²) in [5.74, 6) is -0.0556. The minimum Gasteiger partial charge on any atom is -0.463 e. The van der Waals surface area contributed by atoms with Crippen LogP contribution in [0.4, 0.5) is 13.2 Å². The Morgan fingerprint density at radius 1 is 1.18 bits per heavy atom. The van der Waals surface area contributed by atoms with E-state index in [2.05, 4.69) is 9.97 Å². The van der Waals surface area contributed by atoms with Crippen molar-refractivity contribution >= 4 is 38.7 Å². The van der Waals surface area contributed by atoms with Gasteiger partial charge in [-0.3, -0.25) is 4.79 Å². The topological polar surface area (TPSA) is 89.5 Å². The van der Waals surface area contributed by atoms with E-state index in [-0.39, 0.29) is 41.3 Å². The maximum absolute atomic E-state index is 13.2. The van der Waals surface area contributed by atoms with E-state index in [4.69, 9.17) is 16.3 Å². The Balaban J connectivity index is 1.53. The smallest absolute Gasteiger partial charge is 0.416 e. The van der Waals surface area contributed by atoms with Crippen molar-refractivity contribution in [2.75, 3.05) is 13.2 Å². The Bertz CT molecular complexity index is 1430. The normalized spacial score (nSPS) is 16.6. The Morgan fingerprint density at radius 3 is 2.51 bits per heavy atom. The highest BCUT2D eigenvalue weighted by Crippen LogP contribution is 2.34. The number of nitrogens with zero attached hydrogens (tertiary/aromatic N) is 3. The number of alkyl halides is 3. The van der Waals surface area contributed by atoms with Crippen LogP contribution in [-0.4, -0.2) is 47.7 Å². The molecule has 0 radical (unpaired) electrons. The number of hydrogen-bond acceptors (Lipinski definition) is 7. The van der Waals surface area contributed by atoms with Gasteiger partial charge in [0.05, 0.1) is 28.2 Å². The number of rotatable bonds is 10. The van der Waals surface area contributed by atoms with Gasteiger partial charge in [-0.2, -0.15) is 22.5 Å². The van der Waals surface area contributed by atoms with E-state index in [1.54, 1.807) is 6.07 Å². The Kier molecular flexibility index (Phi) is 8.99. The van der Waals surface area contributed by atoms with E-state index in [1.165, 1.54) is 28.6 Å². The highest BCUT2D eigenvalue weighted by Gasteiger charge is 2.39. The summed E-state index contributed by atoms with van der Waals surface area (Å²) in [6.45, 7) is 4.47. The molecule has 1 fully saturated rings. The lowest BCUT2D eigenvalue weighted by atomic mass is 10.0. The number of sulfonamides is 1. The zero-order valence-electron chi connectivity index (χ0n) is 21.2. The molecule has 0 aliphatic carbocycles. The summed E-state index contributed by atoms with van der Waals surface area (Å²) in [5, 5.41) is 0. The predicted octanol–water partition coefficient (Wildman–Crippen LogP) is 6.27. The molecule has 0 spiro atoms. The van der Waals surface area contributed by atoms with Crippen LogP contribution in [0.5, 0.6) is 6.01 Å². The zero-order chi connectivity index (χ0) is 28.4. The van der Waals surface area contributed by atoms with Gasteiger partial charge < -0.3 is 4.74 Å². The number of hydrogen-bond donors (Lipinski definition) is 0. The largest absolute Gasteiger partial charge is 0.463 e. The van der Waals surface area contributed by atoms with Gasteiger partial charge in [-0.25, -0.2) is 13.4 Å². The fourth-order valence-corrected chi connectivity index (χ4v) is 7.49. The number of ketones is 1. The number of halogens is 4. The molecule has 1 aliphatic heterocycles. The highest BCUT2D eigenvalue weighted by atomic mass is 35.5. The molecule has 0 unspecified atom stereocenters. The highest BCUT2D eigenvalue weighted by molar-refractivity contribution is 7.91. The number of aromatic nitrogens is 2. The average Bonchev–Trinajstić information content (AvgIpc) is 3.56. The first-order valence-electron chi connectivity index (χ1n) is 12.3. The monoisotopic (exact) mass is 601 g/mol. The number of carbonyl (C=O) groups excluding carboxylic acids is 1. The van der Waals surface area contributed by atoms with Crippen LogP contribution in [0, 0.1) is 5.92 Å². The van der Waals surface area contributed by atoms with Crippen LogP contribution in [0.25, 0.3) is 11.3 Å². The maximum Gasteiger partial charge on any atom is 0.416 e. The van der Waals surface area contributed by atoms with Gasteiger partial charge in [-0.1, -0.05) is 37.6 Å². The van der Waals surface area contributed by atoms with E-state index in [0.717, 1.165) is 23.5 Å². The summed E-state index contributed by atoms with van der Waals surface area (Å²) >= 11 is 6.87. The van der Waals surface area contributed by atoms with Gasteiger partial charge in [0, 0.05) is 24.2 Å². The second-order valence-corrected chi connectivity index (χ2v) is 13.4. The second-order valence-electron chi connectivity index (χ2n) is 9.61. The van der Waals surface area contributed by atoms with Gasteiger partial charge in [-0.05, 0) is 55.5 Å². The molecule has 7 nitrogen and oxygen atoms in total. The van der Waals surface area contributed by atoms with Crippen molar-refractivity contribution in [3.05, 3.63) is 58.1 Å². The van der Waals surface area contributed by atoms with E-state index < -0.39 is 27.8 Å². The van der Waals surface area contributed by atoms with Crippen LogP contribution in [0.2, 0.25) is 4.34 Å². The van der Waals surface area contributed by atoms with Crippen LogP contribution < -0.4 is 4.74 Å². The minimum atomic E-state index is -4.46. The second kappa shape index (κ2) is 11.9. The van der Waals surface area contributed by atoms with Crippen LogP contribution in [0.1, 0.15) is 44.4 Å². The van der Waals surface area contributed by atoms with E-state index in [0.29, 0.717) is 40.7 Å². The molecule has 0 N–H and O–H groups in total. The van der Waals surface area contributed by atoms with Gasteiger partial charge >= 0.3 is 12.2 Å². The molecular weight excluding hydrogens is 575 g/mol. The lowest BCUT2D eigenvalue weighted by Crippen LogP contribution is -2.40. The summed E-state index contributed by atoms with van der Waals surface area (Å²) in [6.07, 6.45) is -3.27. The molecular formula is C26H27ClF3N3O4S2. The van der Waals surface area contributed by atoms with Crippen molar-refractivity contribution in [3.8, 4) is 17.3 Å². The van der Waals surface area contributed by atoms with Gasteiger partial charge in [0.25, 0.3) is 10.0 Å². The first-order valence-corrected chi connectivity index (χ1v) is 15.0. The van der Waals surface area contributed by atoms with Gasteiger partial charge in [0.1, 0.15) is 4.21 Å². The Hall–Kier alpha value is -2.54. The number of carbonyl (C=O) groups is 1. The quantitative estimate of drug-likeness (QED) is 0.272. The lowest BCUT2D eigenvalue weighted by Gasteiger charge is -2.22. The van der Waals surface area contributed by atoms with Crippen LogP contribution in [-0.2, 0) is 27.4 Å². The molecule has 3 heterocycles. The Morgan fingerprint density at radius 2 is 1.90 bits per heavy atom. The molecule has 1 aliphatic rings. The fourth-order valence-electron chi connectivity index (χ4n) is 4.20. The average molecular weight is 602 g/mol. The minimum absolute atomic E-state index is 0.0228. The zero-order valence-corrected chi connectivity index (χ0v) is 23.6. The van der Waals surface area contributed by atoms with Gasteiger partial charge in [-0.15, -0.1) is 11.3 Å². The molecule has 210 valence electrons. The number of ether oxygens (including phenoxy) is 1. The summed E-state index contributed by atoms with van der Waals surface area (Å²) in [6, 6.07) is 8.42. The van der Waals surface area contributed by atoms with Crippen molar-refractivity contribution < 1.29 is 31.1 Å². The molecule has 0 saturated carbocycles. The maximum atomic E-state index is 13.2. The molecule has 39 heavy (non-hydrogen) atoms. The summed E-state index contributed by atoms with van der Waals surface area (Å²) < 4.78 is 72.6. The third-order valence-electron chi connectivity index (χ3n) is 6.13. The van der Waals surface area contributed by atoms with Crippen molar-refractivity contribution in [1.82, 2.24) is 14.3 Å². The van der Waals surface area contributed by atoms with E-state index in [1.807, 2.05) is 13.8 Å². The molecule has 2 aromatic heterocycles. The molecule has 1 saturated heterocycles. The summed E-state index contributed by atoms with van der Waals surface area (Å²) in [4.78, 5) is 21.9. The van der Waals surface area contributed by atoms with Crippen LogP contribution in [0.15, 0.2) is 46.7 Å². The summed E-state index contributed by atoms with van der Waals surface area (Å²) in [5.41, 5.74) is 0.488. The van der Waals surface area contributed by atoms with E-state index in [9.17, 15) is 26.4 Å². The summed E-state index contributed by atoms with van der Waals surface area (Å²) in [7, 11) is -3.85. The van der Waals surface area contributed by atoms with Crippen LogP contribution in [0.3, 0.4) is 0 Å². The molecule has 0 amide bonds. The van der Waals surface area contributed by atoms with Gasteiger partial charge in [0.15, 0.2) is 5.78 Å². The van der Waals surface area contributed by atoms with Crippen molar-refractivity contribution in [2.24, 2.45) is 5.92 Å². The Labute approximate surface area is 234 Å². The number of benzene rings is 1. The number of Topliss-reactive ketones (excluding diaryl/α,β-unsaturated/α-hetero) is 1. The SMILES string of the molecule is CC(C)COc1nc(CCC(=O)[C@@H]2CCCN2S(=O)(=O)c2ccc(Cl)s2)cc(-c2ccc(C(F)(F)F)cc2)n1. The van der Waals surface area contributed by atoms with Crippen molar-refractivity contribution in [2.45, 2.75) is 56.0 Å². The van der Waals surface area contributed by atoms with Crippen molar-refractivity contribution in [3.63, 3.8) is 0 Å². The third-order valence-corrected chi connectivity index (χ3v) is 9.73. The standard InChI is InChI=1S/C26H27ClF3N3O4S2/c1-16(2)15-37-25-31-19(14-20(32-25)17-5-7-18(8-6-17)26(28,29)30)9-10-22(34)21-4-3-13-33(21)39(35,36)24-12-11-23(27)38-24/h5-8,11-12,14,16,21H,3-4,9-10,13,15H2,1-2H3/t21-/m0/s1. The first kappa shape index (κ1) is 29.4. The molecule has 3 aromatic rings. The molecule has 4 rings (SSSR count). The third kappa shape index (κ3) is 7.16. The first-order chi connectivity index (χ1) is 18.3. The van der Waals surface area contributed by atoms with Gasteiger partial charge in [0.2, 0.25) is 0 Å². The number of aryl methyl sites for hydroxylation is 1. The van der Waals surface area contributed by atoms with Crippen LogP contribution >= 0.6 is 22.9 Å². The van der Waals surface area contributed by atoms with Crippen molar-refractivity contribution in [1.29, 1.82) is 0 Å². The fraction of sp³-hybridized carbons (Fsp3) is 0.423. The molecule has 0 bridgehead atoms. The molecule has 1 aromatic carbocycles. The molecule has 1 atom stereocenters. The molecule has 13 heteroatoms. The lowest BCUT2D eigenvalue weighted by molar-refractivity contribution is -0.137. The number of thiophene rings is 1. The van der Waals surface area contributed by atoms with E-state index >= 15 is 0 Å².